The Bertz CT molecular complexity index is 679. The molecule has 19 heavy (non-hydrogen) atoms. The lowest BCUT2D eigenvalue weighted by Crippen LogP contribution is -2.28. The number of benzene rings is 1. The Hall–Kier alpha value is -2.10. The van der Waals surface area contributed by atoms with Gasteiger partial charge in [-0.05, 0) is 26.0 Å². The summed E-state index contributed by atoms with van der Waals surface area (Å²) in [6.45, 7) is 4.63. The largest absolute Gasteiger partial charge is 0.358 e. The number of rotatable bonds is 3. The highest BCUT2D eigenvalue weighted by molar-refractivity contribution is 5.76. The van der Waals surface area contributed by atoms with Gasteiger partial charge in [-0.1, -0.05) is 23.8 Å². The van der Waals surface area contributed by atoms with E-state index in [9.17, 15) is 4.79 Å². The van der Waals surface area contributed by atoms with Crippen molar-refractivity contribution in [1.82, 2.24) is 9.55 Å². The number of para-hydroxylation sites is 2. The minimum Gasteiger partial charge on any atom is -0.358 e. The van der Waals surface area contributed by atoms with Crippen molar-refractivity contribution in [1.29, 1.82) is 0 Å². The van der Waals surface area contributed by atoms with Crippen molar-refractivity contribution in [3.05, 3.63) is 46.3 Å². The molecule has 0 N–H and O–H groups in total. The highest BCUT2D eigenvalue weighted by atomic mass is 16.1. The maximum absolute atomic E-state index is 12.5. The molecule has 0 saturated heterocycles. The number of aromatic nitrogens is 2. The van der Waals surface area contributed by atoms with Gasteiger partial charge in [-0.2, -0.15) is 0 Å². The van der Waals surface area contributed by atoms with Gasteiger partial charge in [0, 0.05) is 20.6 Å². The number of hydrogen-bond acceptors (Lipinski definition) is 3. The summed E-state index contributed by atoms with van der Waals surface area (Å²) < 4.78 is 1.77. The van der Waals surface area contributed by atoms with Crippen LogP contribution in [0.25, 0.3) is 11.0 Å². The summed E-state index contributed by atoms with van der Waals surface area (Å²) in [5.74, 6) is 0.473. The van der Waals surface area contributed by atoms with Crippen LogP contribution in [0.5, 0.6) is 0 Å². The maximum Gasteiger partial charge on any atom is 0.294 e. The monoisotopic (exact) mass is 257 g/mol. The van der Waals surface area contributed by atoms with E-state index in [1.807, 2.05) is 58.3 Å². The molecule has 0 aliphatic heterocycles. The van der Waals surface area contributed by atoms with Gasteiger partial charge in [0.05, 0.1) is 11.0 Å². The van der Waals surface area contributed by atoms with E-state index in [0.717, 1.165) is 11.0 Å². The average Bonchev–Trinajstić information content (AvgIpc) is 2.36. The Morgan fingerprint density at radius 2 is 2.00 bits per heavy atom. The summed E-state index contributed by atoms with van der Waals surface area (Å²) in [5, 5.41) is 0. The van der Waals surface area contributed by atoms with E-state index in [4.69, 9.17) is 0 Å². The zero-order valence-electron chi connectivity index (χ0n) is 11.8. The van der Waals surface area contributed by atoms with E-state index >= 15 is 0 Å². The second-order valence-electron chi connectivity index (χ2n) is 5.02. The number of anilines is 1. The Kier molecular flexibility index (Phi) is 3.69. The summed E-state index contributed by atoms with van der Waals surface area (Å²) in [7, 11) is 3.67. The molecule has 0 fully saturated rings. The van der Waals surface area contributed by atoms with Gasteiger partial charge in [0.15, 0.2) is 5.82 Å². The summed E-state index contributed by atoms with van der Waals surface area (Å²) in [4.78, 5) is 18.7. The Morgan fingerprint density at radius 1 is 1.32 bits per heavy atom. The third kappa shape index (κ3) is 2.67. The molecular formula is C15H19N3O. The number of allylic oxidation sites excluding steroid dienone is 2. The van der Waals surface area contributed by atoms with Gasteiger partial charge in [0.25, 0.3) is 5.56 Å². The van der Waals surface area contributed by atoms with Gasteiger partial charge in [-0.3, -0.25) is 9.36 Å². The molecule has 0 unspecified atom stereocenters. The smallest absolute Gasteiger partial charge is 0.294 e. The predicted molar refractivity (Wildman–Crippen MR) is 79.8 cm³/mol. The van der Waals surface area contributed by atoms with Crippen molar-refractivity contribution in [3.8, 4) is 0 Å². The van der Waals surface area contributed by atoms with Crippen molar-refractivity contribution in [3.63, 3.8) is 0 Å². The lowest BCUT2D eigenvalue weighted by Gasteiger charge is -2.15. The Balaban J connectivity index is 2.73. The van der Waals surface area contributed by atoms with E-state index in [1.165, 1.54) is 5.57 Å². The van der Waals surface area contributed by atoms with E-state index in [-0.39, 0.29) is 5.56 Å². The topological polar surface area (TPSA) is 38.1 Å². The van der Waals surface area contributed by atoms with Crippen LogP contribution in [-0.2, 0) is 6.54 Å². The molecule has 4 nitrogen and oxygen atoms in total. The maximum atomic E-state index is 12.5. The fraction of sp³-hybridized carbons (Fsp3) is 0.333. The highest BCUT2D eigenvalue weighted by Crippen LogP contribution is 2.13. The van der Waals surface area contributed by atoms with Gasteiger partial charge >= 0.3 is 0 Å². The molecule has 0 saturated carbocycles. The minimum absolute atomic E-state index is 0.0544. The van der Waals surface area contributed by atoms with Crippen molar-refractivity contribution in [2.75, 3.05) is 19.0 Å². The first kappa shape index (κ1) is 13.3. The SMILES string of the molecule is CC(C)=CCn1c(=O)c(N(C)C)nc2ccccc21. The molecule has 1 aromatic heterocycles. The van der Waals surface area contributed by atoms with Crippen LogP contribution in [-0.4, -0.2) is 23.6 Å². The van der Waals surface area contributed by atoms with E-state index in [2.05, 4.69) is 4.98 Å². The minimum atomic E-state index is -0.0544. The lowest BCUT2D eigenvalue weighted by molar-refractivity contribution is 0.796. The molecule has 4 heteroatoms. The van der Waals surface area contributed by atoms with Crippen LogP contribution in [0.1, 0.15) is 13.8 Å². The molecule has 0 bridgehead atoms. The summed E-state index contributed by atoms with van der Waals surface area (Å²) in [6.07, 6.45) is 2.05. The van der Waals surface area contributed by atoms with Crippen LogP contribution < -0.4 is 10.5 Å². The van der Waals surface area contributed by atoms with Crippen molar-refractivity contribution >= 4 is 16.9 Å². The van der Waals surface area contributed by atoms with Gasteiger partial charge in [-0.25, -0.2) is 4.98 Å². The van der Waals surface area contributed by atoms with Crippen LogP contribution in [0.15, 0.2) is 40.7 Å². The summed E-state index contributed by atoms with van der Waals surface area (Å²) >= 11 is 0. The number of hydrogen-bond donors (Lipinski definition) is 0. The second-order valence-corrected chi connectivity index (χ2v) is 5.02. The van der Waals surface area contributed by atoms with Gasteiger partial charge < -0.3 is 4.90 Å². The second kappa shape index (κ2) is 5.26. The summed E-state index contributed by atoms with van der Waals surface area (Å²) in [5.41, 5.74) is 2.85. The van der Waals surface area contributed by atoms with E-state index < -0.39 is 0 Å². The fourth-order valence-corrected chi connectivity index (χ4v) is 1.93. The van der Waals surface area contributed by atoms with Crippen molar-refractivity contribution in [2.45, 2.75) is 20.4 Å². The lowest BCUT2D eigenvalue weighted by atomic mass is 10.2. The molecule has 0 radical (unpaired) electrons. The van der Waals surface area contributed by atoms with Crippen LogP contribution in [0, 0.1) is 0 Å². The molecule has 0 spiro atoms. The van der Waals surface area contributed by atoms with Gasteiger partial charge in [0.1, 0.15) is 0 Å². The first-order chi connectivity index (χ1) is 9.00. The standard InChI is InChI=1S/C15H19N3O/c1-11(2)9-10-18-13-8-6-5-7-12(13)16-14(15(18)19)17(3)4/h5-9H,10H2,1-4H3. The highest BCUT2D eigenvalue weighted by Gasteiger charge is 2.11. The van der Waals surface area contributed by atoms with Crippen LogP contribution in [0.2, 0.25) is 0 Å². The fourth-order valence-electron chi connectivity index (χ4n) is 1.93. The normalized spacial score (nSPS) is 10.5. The number of nitrogens with zero attached hydrogens (tertiary/aromatic N) is 3. The zero-order valence-corrected chi connectivity index (χ0v) is 11.8. The number of fused-ring (bicyclic) bond motifs is 1. The molecule has 100 valence electrons. The van der Waals surface area contributed by atoms with Gasteiger partial charge in [0.2, 0.25) is 0 Å². The average molecular weight is 257 g/mol. The molecule has 2 rings (SSSR count). The van der Waals surface area contributed by atoms with Crippen molar-refractivity contribution in [2.24, 2.45) is 0 Å². The van der Waals surface area contributed by atoms with Crippen LogP contribution in [0.3, 0.4) is 0 Å². The molecule has 1 heterocycles. The molecule has 0 aliphatic rings. The summed E-state index contributed by atoms with van der Waals surface area (Å²) in [6, 6.07) is 7.73. The predicted octanol–water partition coefficient (Wildman–Crippen LogP) is 2.43. The molecule has 1 aromatic carbocycles. The van der Waals surface area contributed by atoms with Crippen LogP contribution in [0.4, 0.5) is 5.82 Å². The third-order valence-corrected chi connectivity index (χ3v) is 2.94. The van der Waals surface area contributed by atoms with Crippen LogP contribution >= 0.6 is 0 Å². The molecular weight excluding hydrogens is 238 g/mol. The molecule has 0 atom stereocenters. The molecule has 0 amide bonds. The van der Waals surface area contributed by atoms with E-state index in [1.54, 1.807) is 9.47 Å². The first-order valence-corrected chi connectivity index (χ1v) is 6.31. The molecule has 2 aromatic rings. The Morgan fingerprint density at radius 3 is 2.63 bits per heavy atom. The Labute approximate surface area is 113 Å². The first-order valence-electron chi connectivity index (χ1n) is 6.31. The third-order valence-electron chi connectivity index (χ3n) is 2.94. The zero-order chi connectivity index (χ0) is 14.0. The quantitative estimate of drug-likeness (QED) is 0.793. The van der Waals surface area contributed by atoms with Crippen molar-refractivity contribution < 1.29 is 0 Å². The molecule has 0 aliphatic carbocycles. The van der Waals surface area contributed by atoms with Gasteiger partial charge in [-0.15, -0.1) is 0 Å². The van der Waals surface area contributed by atoms with E-state index in [0.29, 0.717) is 12.4 Å².